The van der Waals surface area contributed by atoms with Crippen molar-refractivity contribution in [1.82, 2.24) is 0 Å². The van der Waals surface area contributed by atoms with Crippen molar-refractivity contribution in [2.45, 2.75) is 13.3 Å². The van der Waals surface area contributed by atoms with Crippen molar-refractivity contribution >= 4 is 11.0 Å². The van der Waals surface area contributed by atoms with Gasteiger partial charge in [-0.25, -0.2) is 0 Å². The van der Waals surface area contributed by atoms with Gasteiger partial charge in [0.1, 0.15) is 5.58 Å². The van der Waals surface area contributed by atoms with Crippen LogP contribution in [0.4, 0.5) is 0 Å². The Morgan fingerprint density at radius 2 is 2.31 bits per heavy atom. The zero-order chi connectivity index (χ0) is 9.26. The molecule has 0 saturated carbocycles. The first-order valence-electron chi connectivity index (χ1n) is 4.15. The van der Waals surface area contributed by atoms with Crippen LogP contribution in [0.3, 0.4) is 0 Å². The van der Waals surface area contributed by atoms with E-state index >= 15 is 0 Å². The number of hydrogen-bond acceptors (Lipinski definition) is 2. The highest BCUT2D eigenvalue weighted by Crippen LogP contribution is 2.22. The van der Waals surface area contributed by atoms with Crippen LogP contribution in [0.25, 0.3) is 11.0 Å². The molecule has 2 aromatic rings. The minimum absolute atomic E-state index is 0.408. The van der Waals surface area contributed by atoms with E-state index in [1.165, 1.54) is 5.56 Å². The summed E-state index contributed by atoms with van der Waals surface area (Å²) >= 11 is 0. The Morgan fingerprint density at radius 3 is 3.08 bits per heavy atom. The van der Waals surface area contributed by atoms with Gasteiger partial charge in [0, 0.05) is 10.9 Å². The molecule has 13 heavy (non-hydrogen) atoms. The van der Waals surface area contributed by atoms with Gasteiger partial charge in [0.25, 0.3) is 0 Å². The predicted octanol–water partition coefficient (Wildman–Crippen LogP) is 2.81. The van der Waals surface area contributed by atoms with Crippen molar-refractivity contribution < 1.29 is 4.42 Å². The Kier molecular flexibility index (Phi) is 1.79. The minimum Gasteiger partial charge on any atom is -0.464 e. The van der Waals surface area contributed by atoms with Crippen molar-refractivity contribution in [3.05, 3.63) is 35.6 Å². The maximum absolute atomic E-state index is 8.62. The predicted molar refractivity (Wildman–Crippen MR) is 50.3 cm³/mol. The molecule has 1 aromatic carbocycles. The Hall–Kier alpha value is -1.75. The fourth-order valence-electron chi connectivity index (χ4n) is 1.54. The summed E-state index contributed by atoms with van der Waals surface area (Å²) in [5.74, 6) is 0. The molecule has 0 N–H and O–H groups in total. The molecule has 0 fully saturated rings. The Bertz CT molecular complexity index is 476. The summed E-state index contributed by atoms with van der Waals surface area (Å²) in [6.45, 7) is 2.02. The molecule has 0 unspecified atom stereocenters. The van der Waals surface area contributed by atoms with Crippen LogP contribution in [-0.2, 0) is 6.42 Å². The SMILES string of the molecule is Cc1cc(CC#N)c2occc2c1. The molecule has 1 heterocycles. The smallest absolute Gasteiger partial charge is 0.138 e. The number of nitrogens with zero attached hydrogens (tertiary/aromatic N) is 1. The van der Waals surface area contributed by atoms with E-state index in [0.29, 0.717) is 6.42 Å². The van der Waals surface area contributed by atoms with E-state index < -0.39 is 0 Å². The Labute approximate surface area is 76.4 Å². The van der Waals surface area contributed by atoms with Gasteiger partial charge in [0.2, 0.25) is 0 Å². The zero-order valence-corrected chi connectivity index (χ0v) is 7.37. The monoisotopic (exact) mass is 171 g/mol. The van der Waals surface area contributed by atoms with E-state index in [2.05, 4.69) is 12.1 Å². The van der Waals surface area contributed by atoms with Crippen LogP contribution < -0.4 is 0 Å². The van der Waals surface area contributed by atoms with Crippen LogP contribution in [0.15, 0.2) is 28.9 Å². The van der Waals surface area contributed by atoms with Gasteiger partial charge in [-0.1, -0.05) is 6.07 Å². The first kappa shape index (κ1) is 7.88. The summed E-state index contributed by atoms with van der Waals surface area (Å²) in [4.78, 5) is 0. The molecule has 0 saturated heterocycles. The fourth-order valence-corrected chi connectivity index (χ4v) is 1.54. The van der Waals surface area contributed by atoms with Gasteiger partial charge in [-0.3, -0.25) is 0 Å². The molecule has 0 radical (unpaired) electrons. The van der Waals surface area contributed by atoms with E-state index in [0.717, 1.165) is 16.5 Å². The third-order valence-corrected chi connectivity index (χ3v) is 2.04. The van der Waals surface area contributed by atoms with Gasteiger partial charge in [-0.05, 0) is 24.6 Å². The second kappa shape index (κ2) is 2.95. The quantitative estimate of drug-likeness (QED) is 0.661. The fraction of sp³-hybridized carbons (Fsp3) is 0.182. The first-order valence-corrected chi connectivity index (χ1v) is 4.15. The molecule has 2 heteroatoms. The van der Waals surface area contributed by atoms with Crippen molar-refractivity contribution in [2.24, 2.45) is 0 Å². The topological polar surface area (TPSA) is 36.9 Å². The Morgan fingerprint density at radius 1 is 1.46 bits per heavy atom. The second-order valence-corrected chi connectivity index (χ2v) is 3.10. The van der Waals surface area contributed by atoms with Gasteiger partial charge >= 0.3 is 0 Å². The van der Waals surface area contributed by atoms with Crippen molar-refractivity contribution in [3.63, 3.8) is 0 Å². The molecular formula is C11H9NO. The largest absolute Gasteiger partial charge is 0.464 e. The third kappa shape index (κ3) is 1.29. The summed E-state index contributed by atoms with van der Waals surface area (Å²) < 4.78 is 5.31. The number of hydrogen-bond donors (Lipinski definition) is 0. The van der Waals surface area contributed by atoms with Crippen molar-refractivity contribution in [2.75, 3.05) is 0 Å². The molecule has 1 aromatic heterocycles. The summed E-state index contributed by atoms with van der Waals surface area (Å²) in [5.41, 5.74) is 2.98. The van der Waals surface area contributed by atoms with Gasteiger partial charge in [-0.15, -0.1) is 0 Å². The number of furan rings is 1. The lowest BCUT2D eigenvalue weighted by atomic mass is 10.1. The molecule has 0 atom stereocenters. The lowest BCUT2D eigenvalue weighted by molar-refractivity contribution is 0.612. The van der Waals surface area contributed by atoms with Gasteiger partial charge in [-0.2, -0.15) is 5.26 Å². The summed E-state index contributed by atoms with van der Waals surface area (Å²) in [5, 5.41) is 9.69. The van der Waals surface area contributed by atoms with E-state index in [-0.39, 0.29) is 0 Å². The molecule has 0 amide bonds. The second-order valence-electron chi connectivity index (χ2n) is 3.10. The third-order valence-electron chi connectivity index (χ3n) is 2.04. The summed E-state index contributed by atoms with van der Waals surface area (Å²) in [7, 11) is 0. The molecule has 0 aliphatic rings. The Balaban J connectivity index is 2.71. The van der Waals surface area contributed by atoms with Crippen LogP contribution >= 0.6 is 0 Å². The van der Waals surface area contributed by atoms with E-state index in [1.54, 1.807) is 6.26 Å². The average Bonchev–Trinajstić information content (AvgIpc) is 2.52. The van der Waals surface area contributed by atoms with Crippen molar-refractivity contribution in [3.8, 4) is 6.07 Å². The molecule has 0 aliphatic carbocycles. The number of benzene rings is 1. The number of fused-ring (bicyclic) bond motifs is 1. The van der Waals surface area contributed by atoms with Crippen LogP contribution in [0.1, 0.15) is 11.1 Å². The number of aryl methyl sites for hydroxylation is 1. The maximum atomic E-state index is 8.62. The number of rotatable bonds is 1. The average molecular weight is 171 g/mol. The lowest BCUT2D eigenvalue weighted by Gasteiger charge is -1.98. The van der Waals surface area contributed by atoms with Gasteiger partial charge in [0.05, 0.1) is 18.8 Å². The molecule has 0 bridgehead atoms. The van der Waals surface area contributed by atoms with Crippen LogP contribution in [0.5, 0.6) is 0 Å². The first-order chi connectivity index (χ1) is 6.31. The van der Waals surface area contributed by atoms with E-state index in [1.807, 2.05) is 19.1 Å². The normalized spacial score (nSPS) is 10.2. The molecule has 0 aliphatic heterocycles. The maximum Gasteiger partial charge on any atom is 0.138 e. The van der Waals surface area contributed by atoms with Crippen LogP contribution in [0, 0.1) is 18.3 Å². The molecule has 2 rings (SSSR count). The van der Waals surface area contributed by atoms with Crippen LogP contribution in [-0.4, -0.2) is 0 Å². The number of nitriles is 1. The van der Waals surface area contributed by atoms with Crippen molar-refractivity contribution in [1.29, 1.82) is 5.26 Å². The molecule has 64 valence electrons. The van der Waals surface area contributed by atoms with Crippen LogP contribution in [0.2, 0.25) is 0 Å². The molecular weight excluding hydrogens is 162 g/mol. The summed E-state index contributed by atoms with van der Waals surface area (Å²) in [6.07, 6.45) is 2.07. The van der Waals surface area contributed by atoms with E-state index in [4.69, 9.17) is 9.68 Å². The highest BCUT2D eigenvalue weighted by atomic mass is 16.3. The molecule has 2 nitrogen and oxygen atoms in total. The van der Waals surface area contributed by atoms with E-state index in [9.17, 15) is 0 Å². The zero-order valence-electron chi connectivity index (χ0n) is 7.37. The summed E-state index contributed by atoms with van der Waals surface area (Å²) in [6, 6.07) is 8.10. The minimum atomic E-state index is 0.408. The standard InChI is InChI=1S/C11H9NO/c1-8-6-9(2-4-12)11-10(7-8)3-5-13-11/h3,5-7H,2H2,1H3. The van der Waals surface area contributed by atoms with Gasteiger partial charge < -0.3 is 4.42 Å². The lowest BCUT2D eigenvalue weighted by Crippen LogP contribution is -1.84. The highest BCUT2D eigenvalue weighted by Gasteiger charge is 2.04. The highest BCUT2D eigenvalue weighted by molar-refractivity contribution is 5.81. The molecule has 0 spiro atoms. The van der Waals surface area contributed by atoms with Gasteiger partial charge in [0.15, 0.2) is 0 Å².